The van der Waals surface area contributed by atoms with Crippen LogP contribution in [-0.2, 0) is 19.0 Å². The number of nitrogens with one attached hydrogen (secondary N) is 1. The molecular formula is C16H33NO4. The Bertz CT molecular complexity index is 273. The Labute approximate surface area is 129 Å². The average Bonchev–Trinajstić information content (AvgIpc) is 2.47. The number of carbonyl (C=O) groups is 1. The first kappa shape index (κ1) is 20.3. The van der Waals surface area contributed by atoms with Gasteiger partial charge < -0.3 is 19.5 Å². The van der Waals surface area contributed by atoms with E-state index in [2.05, 4.69) is 12.2 Å². The Morgan fingerprint density at radius 3 is 2.52 bits per heavy atom. The largest absolute Gasteiger partial charge is 0.465 e. The summed E-state index contributed by atoms with van der Waals surface area (Å²) in [5.41, 5.74) is -0.626. The van der Waals surface area contributed by atoms with E-state index in [4.69, 9.17) is 14.2 Å². The van der Waals surface area contributed by atoms with Crippen LogP contribution in [0.4, 0.5) is 0 Å². The molecule has 0 spiro atoms. The molecule has 0 bridgehead atoms. The molecule has 0 saturated heterocycles. The molecule has 0 radical (unpaired) electrons. The lowest BCUT2D eigenvalue weighted by Gasteiger charge is -2.28. The monoisotopic (exact) mass is 303 g/mol. The second-order valence-electron chi connectivity index (χ2n) is 5.42. The van der Waals surface area contributed by atoms with Crippen molar-refractivity contribution in [1.29, 1.82) is 0 Å². The van der Waals surface area contributed by atoms with Crippen LogP contribution in [0, 0.1) is 0 Å². The summed E-state index contributed by atoms with van der Waals surface area (Å²) in [6.45, 7) is 12.9. The highest BCUT2D eigenvalue weighted by Crippen LogP contribution is 2.15. The number of esters is 1. The molecule has 0 rings (SSSR count). The molecule has 2 unspecified atom stereocenters. The molecule has 126 valence electrons. The van der Waals surface area contributed by atoms with Gasteiger partial charge in [0, 0.05) is 13.2 Å². The molecule has 0 heterocycles. The second-order valence-corrected chi connectivity index (χ2v) is 5.42. The van der Waals surface area contributed by atoms with Crippen molar-refractivity contribution < 1.29 is 19.0 Å². The summed E-state index contributed by atoms with van der Waals surface area (Å²) in [5.74, 6) is -0.180. The average molecular weight is 303 g/mol. The second kappa shape index (κ2) is 12.0. The van der Waals surface area contributed by atoms with Gasteiger partial charge in [0.05, 0.1) is 19.3 Å². The molecule has 0 fully saturated rings. The van der Waals surface area contributed by atoms with Crippen LogP contribution in [0.15, 0.2) is 0 Å². The molecule has 0 aliphatic rings. The van der Waals surface area contributed by atoms with Crippen LogP contribution >= 0.6 is 0 Å². The summed E-state index contributed by atoms with van der Waals surface area (Å²) in [4.78, 5) is 12.1. The lowest BCUT2D eigenvalue weighted by Crippen LogP contribution is -2.51. The zero-order valence-corrected chi connectivity index (χ0v) is 14.4. The van der Waals surface area contributed by atoms with E-state index in [1.807, 2.05) is 27.7 Å². The van der Waals surface area contributed by atoms with Crippen LogP contribution in [-0.4, -0.2) is 50.6 Å². The zero-order chi connectivity index (χ0) is 16.1. The Hall–Kier alpha value is -0.650. The molecule has 0 amide bonds. The van der Waals surface area contributed by atoms with Crippen molar-refractivity contribution in [3.8, 4) is 0 Å². The molecule has 5 heteroatoms. The molecule has 0 aromatic rings. The highest BCUT2D eigenvalue weighted by Gasteiger charge is 2.33. The Morgan fingerprint density at radius 1 is 1.24 bits per heavy atom. The van der Waals surface area contributed by atoms with Crippen molar-refractivity contribution in [1.82, 2.24) is 5.32 Å². The molecule has 0 aromatic heterocycles. The molecule has 0 aromatic carbocycles. The smallest absolute Gasteiger partial charge is 0.326 e. The van der Waals surface area contributed by atoms with E-state index in [-0.39, 0.29) is 12.1 Å². The molecule has 0 saturated carbocycles. The summed E-state index contributed by atoms with van der Waals surface area (Å²) in [6.07, 6.45) is 2.58. The lowest BCUT2D eigenvalue weighted by atomic mass is 9.95. The summed E-state index contributed by atoms with van der Waals surface area (Å²) < 4.78 is 16.2. The van der Waals surface area contributed by atoms with Crippen molar-refractivity contribution in [2.75, 3.05) is 33.0 Å². The number of hydrogen-bond acceptors (Lipinski definition) is 5. The quantitative estimate of drug-likeness (QED) is 0.418. The van der Waals surface area contributed by atoms with Crippen LogP contribution < -0.4 is 5.32 Å². The maximum Gasteiger partial charge on any atom is 0.326 e. The van der Waals surface area contributed by atoms with Crippen molar-refractivity contribution in [3.05, 3.63) is 0 Å². The molecule has 5 nitrogen and oxygen atoms in total. The molecule has 0 aliphatic heterocycles. The van der Waals surface area contributed by atoms with Crippen molar-refractivity contribution >= 4 is 5.97 Å². The van der Waals surface area contributed by atoms with Crippen molar-refractivity contribution in [2.24, 2.45) is 0 Å². The molecule has 21 heavy (non-hydrogen) atoms. The van der Waals surface area contributed by atoms with Gasteiger partial charge in [-0.3, -0.25) is 4.79 Å². The fourth-order valence-electron chi connectivity index (χ4n) is 2.00. The van der Waals surface area contributed by atoms with E-state index in [1.165, 1.54) is 0 Å². The molecule has 2 atom stereocenters. The minimum Gasteiger partial charge on any atom is -0.465 e. The lowest BCUT2D eigenvalue weighted by molar-refractivity contribution is -0.151. The summed E-state index contributed by atoms with van der Waals surface area (Å²) in [5, 5.41) is 3.30. The van der Waals surface area contributed by atoms with Crippen molar-refractivity contribution in [3.63, 3.8) is 0 Å². The van der Waals surface area contributed by atoms with Gasteiger partial charge in [0.2, 0.25) is 0 Å². The van der Waals surface area contributed by atoms with Gasteiger partial charge in [-0.05, 0) is 53.5 Å². The van der Waals surface area contributed by atoms with Gasteiger partial charge in [-0.2, -0.15) is 0 Å². The van der Waals surface area contributed by atoms with Crippen LogP contribution in [0.1, 0.15) is 53.9 Å². The van der Waals surface area contributed by atoms with Crippen LogP contribution in [0.3, 0.4) is 0 Å². The van der Waals surface area contributed by atoms with Gasteiger partial charge in [0.15, 0.2) is 0 Å². The van der Waals surface area contributed by atoms with Crippen LogP contribution in [0.5, 0.6) is 0 Å². The van der Waals surface area contributed by atoms with E-state index in [0.29, 0.717) is 32.8 Å². The predicted molar refractivity (Wildman–Crippen MR) is 84.5 cm³/mol. The third-order valence-electron chi connectivity index (χ3n) is 3.27. The summed E-state index contributed by atoms with van der Waals surface area (Å²) >= 11 is 0. The SMILES string of the molecule is CCCNC(C)(CCCOC(C)COCC)C(=O)OCC. The van der Waals surface area contributed by atoms with Crippen LogP contribution in [0.25, 0.3) is 0 Å². The fraction of sp³-hybridized carbons (Fsp3) is 0.938. The topological polar surface area (TPSA) is 56.8 Å². The van der Waals surface area contributed by atoms with E-state index in [9.17, 15) is 4.79 Å². The van der Waals surface area contributed by atoms with Gasteiger partial charge in [-0.25, -0.2) is 0 Å². The van der Waals surface area contributed by atoms with Crippen molar-refractivity contribution in [2.45, 2.75) is 65.5 Å². The molecule has 0 aliphatic carbocycles. The van der Waals surface area contributed by atoms with Gasteiger partial charge in [-0.15, -0.1) is 0 Å². The highest BCUT2D eigenvalue weighted by atomic mass is 16.5. The van der Waals surface area contributed by atoms with E-state index in [0.717, 1.165) is 19.4 Å². The Kier molecular flexibility index (Phi) is 11.6. The Balaban J connectivity index is 4.14. The fourth-order valence-corrected chi connectivity index (χ4v) is 2.00. The minimum absolute atomic E-state index is 0.0856. The first-order valence-corrected chi connectivity index (χ1v) is 8.11. The van der Waals surface area contributed by atoms with E-state index >= 15 is 0 Å². The van der Waals surface area contributed by atoms with Gasteiger partial charge in [0.1, 0.15) is 5.54 Å². The summed E-state index contributed by atoms with van der Waals surface area (Å²) in [6, 6.07) is 0. The van der Waals surface area contributed by atoms with Gasteiger partial charge in [0.25, 0.3) is 0 Å². The minimum atomic E-state index is -0.626. The Morgan fingerprint density at radius 2 is 1.95 bits per heavy atom. The maximum atomic E-state index is 12.1. The number of carbonyl (C=O) groups excluding carboxylic acids is 1. The first-order chi connectivity index (χ1) is 10.00. The molecular weight excluding hydrogens is 270 g/mol. The normalized spacial score (nSPS) is 15.5. The summed E-state index contributed by atoms with van der Waals surface area (Å²) in [7, 11) is 0. The standard InChI is InChI=1S/C16H33NO4/c1-6-11-17-16(5,15(18)20-8-3)10-9-12-21-14(4)13-19-7-2/h14,17H,6-13H2,1-5H3. The van der Waals surface area contributed by atoms with Gasteiger partial charge >= 0.3 is 5.97 Å². The van der Waals surface area contributed by atoms with Crippen LogP contribution in [0.2, 0.25) is 0 Å². The number of ether oxygens (including phenoxy) is 3. The molecule has 1 N–H and O–H groups in total. The third kappa shape index (κ3) is 9.06. The highest BCUT2D eigenvalue weighted by molar-refractivity contribution is 5.80. The maximum absolute atomic E-state index is 12.1. The third-order valence-corrected chi connectivity index (χ3v) is 3.27. The first-order valence-electron chi connectivity index (χ1n) is 8.11. The van der Waals surface area contributed by atoms with E-state index < -0.39 is 5.54 Å². The number of hydrogen-bond donors (Lipinski definition) is 1. The number of rotatable bonds is 13. The van der Waals surface area contributed by atoms with E-state index in [1.54, 1.807) is 0 Å². The zero-order valence-electron chi connectivity index (χ0n) is 14.4. The predicted octanol–water partition coefficient (Wildman–Crippen LogP) is 2.53. The van der Waals surface area contributed by atoms with Gasteiger partial charge in [-0.1, -0.05) is 6.92 Å².